The van der Waals surface area contributed by atoms with E-state index in [-0.39, 0.29) is 25.4 Å². The molecule has 1 aromatic heterocycles. The van der Waals surface area contributed by atoms with Crippen LogP contribution in [-0.2, 0) is 29.0 Å². The maximum absolute atomic E-state index is 12.7. The summed E-state index contributed by atoms with van der Waals surface area (Å²) in [5, 5.41) is 9.17. The van der Waals surface area contributed by atoms with E-state index < -0.39 is 5.97 Å². The van der Waals surface area contributed by atoms with Crippen molar-refractivity contribution in [1.29, 1.82) is 0 Å². The molecule has 178 valence electrons. The Balaban J connectivity index is 1.37. The highest BCUT2D eigenvalue weighted by atomic mass is 16.5. The molecule has 0 saturated heterocycles. The zero-order valence-electron chi connectivity index (χ0n) is 19.4. The summed E-state index contributed by atoms with van der Waals surface area (Å²) in [6.45, 7) is 0.530. The van der Waals surface area contributed by atoms with Crippen LogP contribution in [0.1, 0.15) is 42.5 Å². The Morgan fingerprint density at radius 2 is 1.56 bits per heavy atom. The summed E-state index contributed by atoms with van der Waals surface area (Å²) in [5.41, 5.74) is 3.05. The molecule has 6 nitrogen and oxygen atoms in total. The lowest BCUT2D eigenvalue weighted by atomic mass is 10.1. The minimum Gasteiger partial charge on any atom is -0.494 e. The van der Waals surface area contributed by atoms with Crippen LogP contribution in [0.15, 0.2) is 79.0 Å². The molecule has 1 N–H and O–H groups in total. The molecule has 0 saturated carbocycles. The van der Waals surface area contributed by atoms with Crippen LogP contribution in [-0.4, -0.2) is 40.0 Å². The fourth-order valence-electron chi connectivity index (χ4n) is 3.69. The number of hydrogen-bond acceptors (Lipinski definition) is 4. The monoisotopic (exact) mass is 460 g/mol. The summed E-state index contributed by atoms with van der Waals surface area (Å²) in [5.74, 6) is -0.421. The van der Waals surface area contributed by atoms with E-state index in [1.165, 1.54) is 10.5 Å². The Morgan fingerprint density at radius 1 is 0.824 bits per heavy atom. The maximum Gasteiger partial charge on any atom is 0.323 e. The number of hydrogen-bond donors (Lipinski definition) is 1. The van der Waals surface area contributed by atoms with Gasteiger partial charge in [-0.05, 0) is 67.5 Å². The first-order valence-corrected chi connectivity index (χ1v) is 11.8. The number of aromatic nitrogens is 1. The molecule has 0 radical (unpaired) electrons. The van der Waals surface area contributed by atoms with Gasteiger partial charge in [-0.3, -0.25) is 14.6 Å². The summed E-state index contributed by atoms with van der Waals surface area (Å²) < 4.78 is 5.84. The van der Waals surface area contributed by atoms with Crippen LogP contribution in [0.5, 0.6) is 5.75 Å². The van der Waals surface area contributed by atoms with E-state index in [4.69, 9.17) is 9.84 Å². The van der Waals surface area contributed by atoms with Gasteiger partial charge in [0.05, 0.1) is 18.8 Å². The number of aliphatic carboxylic acids is 1. The molecule has 0 aliphatic rings. The SMILES string of the molecule is O=C(O)CN(Cc1ccccn1)C(=O)CCc1ccc(OCCCCCc2ccccc2)cc1. The predicted molar refractivity (Wildman–Crippen MR) is 132 cm³/mol. The molecule has 0 spiro atoms. The number of ether oxygens (including phenoxy) is 1. The summed E-state index contributed by atoms with van der Waals surface area (Å²) in [7, 11) is 0. The van der Waals surface area contributed by atoms with E-state index in [1.807, 2.05) is 36.4 Å². The third-order valence-corrected chi connectivity index (χ3v) is 5.53. The molecule has 0 aliphatic carbocycles. The van der Waals surface area contributed by atoms with Crippen molar-refractivity contribution in [2.75, 3.05) is 13.2 Å². The fourth-order valence-corrected chi connectivity index (χ4v) is 3.69. The van der Waals surface area contributed by atoms with Gasteiger partial charge in [-0.1, -0.05) is 48.5 Å². The molecule has 0 bridgehead atoms. The molecule has 0 fully saturated rings. The van der Waals surface area contributed by atoms with Crippen LogP contribution >= 0.6 is 0 Å². The van der Waals surface area contributed by atoms with Crippen molar-refractivity contribution >= 4 is 11.9 Å². The quantitative estimate of drug-likeness (QED) is 0.346. The summed E-state index contributed by atoms with van der Waals surface area (Å²) >= 11 is 0. The van der Waals surface area contributed by atoms with Crippen molar-refractivity contribution in [3.63, 3.8) is 0 Å². The van der Waals surface area contributed by atoms with Crippen LogP contribution in [0.3, 0.4) is 0 Å². The van der Waals surface area contributed by atoms with Crippen LogP contribution in [0.2, 0.25) is 0 Å². The lowest BCUT2D eigenvalue weighted by Crippen LogP contribution is -2.35. The van der Waals surface area contributed by atoms with E-state index in [1.54, 1.807) is 18.3 Å². The standard InChI is InChI=1S/C28H32N2O4/c31-27(30(22-28(32)33)21-25-12-6-7-19-29-25)18-15-24-13-16-26(17-14-24)34-20-8-2-5-11-23-9-3-1-4-10-23/h1,3-4,6-7,9-10,12-14,16-17,19H,2,5,8,11,15,18,20-22H2,(H,32,33). The largest absolute Gasteiger partial charge is 0.494 e. The summed E-state index contributed by atoms with van der Waals surface area (Å²) in [6, 6.07) is 23.7. The lowest BCUT2D eigenvalue weighted by molar-refractivity contribution is -0.144. The second-order valence-electron chi connectivity index (χ2n) is 8.25. The highest BCUT2D eigenvalue weighted by Gasteiger charge is 2.17. The first-order valence-electron chi connectivity index (χ1n) is 11.8. The number of aryl methyl sites for hydroxylation is 2. The molecule has 6 heteroatoms. The molecule has 3 aromatic rings. The molecular weight excluding hydrogens is 428 g/mol. The number of carbonyl (C=O) groups is 2. The number of rotatable bonds is 14. The van der Waals surface area contributed by atoms with Crippen LogP contribution < -0.4 is 4.74 Å². The molecule has 1 heterocycles. The Bertz CT molecular complexity index is 1010. The first kappa shape index (κ1) is 25.0. The zero-order valence-corrected chi connectivity index (χ0v) is 19.4. The van der Waals surface area contributed by atoms with Gasteiger partial charge < -0.3 is 14.7 Å². The lowest BCUT2D eigenvalue weighted by Gasteiger charge is -2.20. The van der Waals surface area contributed by atoms with E-state index in [2.05, 4.69) is 29.2 Å². The number of pyridine rings is 1. The third-order valence-electron chi connectivity index (χ3n) is 5.53. The number of unbranched alkanes of at least 4 members (excludes halogenated alkanes) is 2. The first-order chi connectivity index (χ1) is 16.6. The minimum atomic E-state index is -1.04. The van der Waals surface area contributed by atoms with Gasteiger partial charge in [0, 0.05) is 12.6 Å². The van der Waals surface area contributed by atoms with E-state index in [9.17, 15) is 9.59 Å². The predicted octanol–water partition coefficient (Wildman–Crippen LogP) is 4.92. The van der Waals surface area contributed by atoms with Crippen molar-refractivity contribution in [2.45, 2.75) is 45.1 Å². The summed E-state index contributed by atoms with van der Waals surface area (Å²) in [4.78, 5) is 29.4. The van der Waals surface area contributed by atoms with Gasteiger partial charge in [-0.15, -0.1) is 0 Å². The van der Waals surface area contributed by atoms with Crippen molar-refractivity contribution < 1.29 is 19.4 Å². The summed E-state index contributed by atoms with van der Waals surface area (Å²) in [6.07, 6.45) is 6.80. The van der Waals surface area contributed by atoms with Gasteiger partial charge >= 0.3 is 5.97 Å². The average molecular weight is 461 g/mol. The minimum absolute atomic E-state index is 0.185. The van der Waals surface area contributed by atoms with Gasteiger partial charge in [0.15, 0.2) is 0 Å². The number of carboxylic acid groups (broad SMARTS) is 1. The fraction of sp³-hybridized carbons (Fsp3) is 0.321. The van der Waals surface area contributed by atoms with Gasteiger partial charge in [-0.25, -0.2) is 0 Å². The Kier molecular flexibility index (Phi) is 10.1. The van der Waals surface area contributed by atoms with E-state index in [0.29, 0.717) is 18.7 Å². The molecular formula is C28H32N2O4. The molecule has 0 unspecified atom stereocenters. The highest BCUT2D eigenvalue weighted by Crippen LogP contribution is 2.15. The second kappa shape index (κ2) is 13.8. The topological polar surface area (TPSA) is 79.7 Å². The van der Waals surface area contributed by atoms with E-state index >= 15 is 0 Å². The third kappa shape index (κ3) is 9.06. The maximum atomic E-state index is 12.7. The molecule has 34 heavy (non-hydrogen) atoms. The smallest absolute Gasteiger partial charge is 0.323 e. The Labute approximate surface area is 201 Å². The molecule has 1 amide bonds. The van der Waals surface area contributed by atoms with Gasteiger partial charge in [0.1, 0.15) is 12.3 Å². The van der Waals surface area contributed by atoms with Crippen molar-refractivity contribution in [1.82, 2.24) is 9.88 Å². The number of amides is 1. The highest BCUT2D eigenvalue weighted by molar-refractivity contribution is 5.81. The van der Waals surface area contributed by atoms with Gasteiger partial charge in [0.2, 0.25) is 5.91 Å². The number of carboxylic acids is 1. The average Bonchev–Trinajstić information content (AvgIpc) is 2.86. The van der Waals surface area contributed by atoms with Gasteiger partial charge in [0.25, 0.3) is 0 Å². The van der Waals surface area contributed by atoms with Crippen molar-refractivity contribution in [2.24, 2.45) is 0 Å². The Hall–Kier alpha value is -3.67. The second-order valence-corrected chi connectivity index (χ2v) is 8.25. The molecule has 0 aliphatic heterocycles. The normalized spacial score (nSPS) is 10.6. The van der Waals surface area contributed by atoms with Crippen LogP contribution in [0, 0.1) is 0 Å². The Morgan fingerprint density at radius 3 is 2.26 bits per heavy atom. The molecule has 2 aromatic carbocycles. The van der Waals surface area contributed by atoms with Crippen molar-refractivity contribution in [3.8, 4) is 5.75 Å². The molecule has 0 atom stereocenters. The number of carbonyl (C=O) groups excluding carboxylic acids is 1. The van der Waals surface area contributed by atoms with Gasteiger partial charge in [-0.2, -0.15) is 0 Å². The molecule has 3 rings (SSSR count). The van der Waals surface area contributed by atoms with Crippen molar-refractivity contribution in [3.05, 3.63) is 95.8 Å². The van der Waals surface area contributed by atoms with Crippen LogP contribution in [0.25, 0.3) is 0 Å². The number of benzene rings is 2. The number of nitrogens with zero attached hydrogens (tertiary/aromatic N) is 2. The zero-order chi connectivity index (χ0) is 24.0. The van der Waals surface area contributed by atoms with E-state index in [0.717, 1.165) is 37.0 Å². The van der Waals surface area contributed by atoms with Crippen LogP contribution in [0.4, 0.5) is 0 Å².